The average molecular weight is 390 g/mol. The summed E-state index contributed by atoms with van der Waals surface area (Å²) in [7, 11) is 0. The van der Waals surface area contributed by atoms with Gasteiger partial charge in [-0.2, -0.15) is 5.10 Å². The summed E-state index contributed by atoms with van der Waals surface area (Å²) >= 11 is 3.58. The van der Waals surface area contributed by atoms with Crippen LogP contribution in [0, 0.1) is 0 Å². The van der Waals surface area contributed by atoms with E-state index < -0.39 is 5.54 Å². The molecule has 0 unspecified atom stereocenters. The molecule has 1 aromatic heterocycles. The van der Waals surface area contributed by atoms with Crippen molar-refractivity contribution in [1.82, 2.24) is 14.8 Å². The van der Waals surface area contributed by atoms with Crippen molar-refractivity contribution in [1.29, 1.82) is 0 Å². The Kier molecular flexibility index (Phi) is 4.20. The topological polar surface area (TPSA) is 30.7 Å². The van der Waals surface area contributed by atoms with Gasteiger partial charge in [0.05, 0.1) is 0 Å². The number of nitrogens with zero attached hydrogens (tertiary/aromatic N) is 3. The van der Waals surface area contributed by atoms with Gasteiger partial charge in [0.25, 0.3) is 0 Å². The number of benzene rings is 3. The van der Waals surface area contributed by atoms with E-state index in [1.807, 2.05) is 22.9 Å². The fourth-order valence-corrected chi connectivity index (χ4v) is 3.81. The van der Waals surface area contributed by atoms with Crippen molar-refractivity contribution in [3.63, 3.8) is 0 Å². The molecule has 122 valence electrons. The van der Waals surface area contributed by atoms with Crippen LogP contribution in [0.3, 0.4) is 0 Å². The SMILES string of the molecule is Brc1ncnn1C(c1ccccc1)(c1ccccc1)c1ccccc1. The van der Waals surface area contributed by atoms with Gasteiger partial charge in [-0.25, -0.2) is 9.67 Å². The quantitative estimate of drug-likeness (QED) is 0.465. The van der Waals surface area contributed by atoms with Crippen molar-refractivity contribution in [3.05, 3.63) is 119 Å². The Morgan fingerprint density at radius 1 is 0.640 bits per heavy atom. The largest absolute Gasteiger partial charge is 0.220 e. The van der Waals surface area contributed by atoms with Crippen LogP contribution in [0.15, 0.2) is 102 Å². The molecule has 0 bridgehead atoms. The number of aromatic nitrogens is 3. The van der Waals surface area contributed by atoms with Gasteiger partial charge >= 0.3 is 0 Å². The monoisotopic (exact) mass is 389 g/mol. The second-order valence-electron chi connectivity index (χ2n) is 5.75. The molecule has 3 aromatic carbocycles. The molecule has 0 radical (unpaired) electrons. The molecular formula is C21H16BrN3. The van der Waals surface area contributed by atoms with Crippen LogP contribution in [-0.2, 0) is 5.54 Å². The first-order chi connectivity index (χ1) is 12.3. The molecule has 0 amide bonds. The van der Waals surface area contributed by atoms with Gasteiger partial charge in [-0.05, 0) is 32.6 Å². The molecule has 0 aliphatic rings. The van der Waals surface area contributed by atoms with Crippen LogP contribution in [0.25, 0.3) is 0 Å². The highest BCUT2D eigenvalue weighted by atomic mass is 79.9. The molecule has 0 fully saturated rings. The zero-order valence-electron chi connectivity index (χ0n) is 13.5. The van der Waals surface area contributed by atoms with Gasteiger partial charge in [-0.15, -0.1) is 0 Å². The molecule has 1 heterocycles. The van der Waals surface area contributed by atoms with Gasteiger partial charge in [0.1, 0.15) is 11.9 Å². The highest BCUT2D eigenvalue weighted by Crippen LogP contribution is 2.41. The molecule has 4 aromatic rings. The molecule has 0 aliphatic heterocycles. The van der Waals surface area contributed by atoms with E-state index in [2.05, 4.69) is 98.8 Å². The molecule has 0 N–H and O–H groups in total. The first-order valence-corrected chi connectivity index (χ1v) is 8.85. The van der Waals surface area contributed by atoms with E-state index in [4.69, 9.17) is 0 Å². The molecule has 3 nitrogen and oxygen atoms in total. The summed E-state index contributed by atoms with van der Waals surface area (Å²) in [6.07, 6.45) is 1.58. The summed E-state index contributed by atoms with van der Waals surface area (Å²) in [5.41, 5.74) is 2.76. The van der Waals surface area contributed by atoms with E-state index in [-0.39, 0.29) is 0 Å². The van der Waals surface area contributed by atoms with E-state index in [9.17, 15) is 0 Å². The number of hydrogen-bond donors (Lipinski definition) is 0. The second kappa shape index (κ2) is 6.65. The zero-order valence-corrected chi connectivity index (χ0v) is 15.0. The van der Waals surface area contributed by atoms with Gasteiger partial charge in [0.2, 0.25) is 0 Å². The predicted molar refractivity (Wildman–Crippen MR) is 102 cm³/mol. The summed E-state index contributed by atoms with van der Waals surface area (Å²) in [5, 5.41) is 4.58. The Morgan fingerprint density at radius 2 is 1.04 bits per heavy atom. The Morgan fingerprint density at radius 3 is 1.36 bits per heavy atom. The van der Waals surface area contributed by atoms with Gasteiger partial charge in [-0.3, -0.25) is 0 Å². The maximum atomic E-state index is 4.58. The van der Waals surface area contributed by atoms with E-state index >= 15 is 0 Å². The van der Waals surface area contributed by atoms with Gasteiger partial charge in [-0.1, -0.05) is 91.0 Å². The third-order valence-electron chi connectivity index (χ3n) is 4.40. The zero-order chi connectivity index (χ0) is 17.1. The van der Waals surface area contributed by atoms with Crippen LogP contribution >= 0.6 is 15.9 Å². The molecule has 25 heavy (non-hydrogen) atoms. The van der Waals surface area contributed by atoms with Crippen LogP contribution in [0.5, 0.6) is 0 Å². The normalized spacial score (nSPS) is 11.4. The molecule has 0 atom stereocenters. The Balaban J connectivity index is 2.15. The van der Waals surface area contributed by atoms with E-state index in [1.54, 1.807) is 6.33 Å². The van der Waals surface area contributed by atoms with Crippen molar-refractivity contribution in [2.24, 2.45) is 0 Å². The van der Waals surface area contributed by atoms with Gasteiger partial charge in [0, 0.05) is 0 Å². The molecule has 4 rings (SSSR count). The van der Waals surface area contributed by atoms with Crippen LogP contribution < -0.4 is 0 Å². The fourth-order valence-electron chi connectivity index (χ4n) is 3.36. The lowest BCUT2D eigenvalue weighted by molar-refractivity contribution is 0.449. The van der Waals surface area contributed by atoms with Crippen LogP contribution in [0.1, 0.15) is 16.7 Å². The number of rotatable bonds is 4. The third-order valence-corrected chi connectivity index (χ3v) is 4.94. The average Bonchev–Trinajstić information content (AvgIpc) is 3.12. The molecule has 0 aliphatic carbocycles. The van der Waals surface area contributed by atoms with Crippen molar-refractivity contribution < 1.29 is 0 Å². The minimum absolute atomic E-state index is 0.612. The van der Waals surface area contributed by atoms with Crippen LogP contribution in [-0.4, -0.2) is 14.8 Å². The Labute approximate surface area is 155 Å². The molecular weight excluding hydrogens is 374 g/mol. The lowest BCUT2D eigenvalue weighted by Gasteiger charge is -2.36. The fraction of sp³-hybridized carbons (Fsp3) is 0.0476. The molecule has 0 saturated carbocycles. The highest BCUT2D eigenvalue weighted by molar-refractivity contribution is 9.10. The summed E-state index contributed by atoms with van der Waals surface area (Å²) in [6, 6.07) is 31.2. The minimum Gasteiger partial charge on any atom is -0.220 e. The number of hydrogen-bond acceptors (Lipinski definition) is 2. The van der Waals surface area contributed by atoms with Gasteiger partial charge < -0.3 is 0 Å². The van der Waals surface area contributed by atoms with Crippen molar-refractivity contribution >= 4 is 15.9 Å². The first kappa shape index (κ1) is 15.8. The molecule has 0 saturated heterocycles. The maximum absolute atomic E-state index is 4.58. The summed E-state index contributed by atoms with van der Waals surface area (Å²) in [4.78, 5) is 4.33. The highest BCUT2D eigenvalue weighted by Gasteiger charge is 2.40. The first-order valence-electron chi connectivity index (χ1n) is 8.06. The smallest absolute Gasteiger partial charge is 0.196 e. The lowest BCUT2D eigenvalue weighted by Crippen LogP contribution is -2.38. The predicted octanol–water partition coefficient (Wildman–Crippen LogP) is 4.88. The van der Waals surface area contributed by atoms with Crippen LogP contribution in [0.4, 0.5) is 0 Å². The molecule has 4 heteroatoms. The standard InChI is InChI=1S/C21H16BrN3/c22-20-23-16-24-25(20)21(17-10-4-1-5-11-17,18-12-6-2-7-13-18)19-14-8-3-9-15-19/h1-16H. The number of halogens is 1. The summed E-state index contributed by atoms with van der Waals surface area (Å²) < 4.78 is 2.62. The van der Waals surface area contributed by atoms with Crippen molar-refractivity contribution in [2.75, 3.05) is 0 Å². The van der Waals surface area contributed by atoms with E-state index in [0.29, 0.717) is 4.73 Å². The van der Waals surface area contributed by atoms with Crippen LogP contribution in [0.2, 0.25) is 0 Å². The third kappa shape index (κ3) is 2.59. The summed E-state index contributed by atoms with van der Waals surface area (Å²) in [6.45, 7) is 0. The Bertz CT molecular complexity index is 853. The van der Waals surface area contributed by atoms with Gasteiger partial charge in [0.15, 0.2) is 4.73 Å². The molecule has 0 spiro atoms. The van der Waals surface area contributed by atoms with Crippen molar-refractivity contribution in [3.8, 4) is 0 Å². The van der Waals surface area contributed by atoms with Crippen molar-refractivity contribution in [2.45, 2.75) is 5.54 Å². The summed E-state index contributed by atoms with van der Waals surface area (Å²) in [5.74, 6) is 0. The van der Waals surface area contributed by atoms with E-state index in [0.717, 1.165) is 16.7 Å². The Hall–Kier alpha value is -2.72. The maximum Gasteiger partial charge on any atom is 0.196 e. The van der Waals surface area contributed by atoms with E-state index in [1.165, 1.54) is 0 Å². The minimum atomic E-state index is -0.612. The second-order valence-corrected chi connectivity index (χ2v) is 6.46. The lowest BCUT2D eigenvalue weighted by atomic mass is 9.77.